The maximum atomic E-state index is 11.6. The van der Waals surface area contributed by atoms with Crippen LogP contribution in [0.3, 0.4) is 0 Å². The third kappa shape index (κ3) is 7.65. The standard InChI is InChI=1S/C12H23N3O3/c1-8(2)9(3)12(18)14-6-5-13-11(17)7-15-10(4)16/h8-9H,5-7H2,1-4H3,(H,13,17)(H,14,18)(H,15,16). The van der Waals surface area contributed by atoms with Crippen LogP contribution in [-0.2, 0) is 14.4 Å². The molecular formula is C12H23N3O3. The zero-order valence-electron chi connectivity index (χ0n) is 11.5. The van der Waals surface area contributed by atoms with Crippen molar-refractivity contribution in [2.45, 2.75) is 27.7 Å². The lowest BCUT2D eigenvalue weighted by molar-refractivity contribution is -0.126. The van der Waals surface area contributed by atoms with Gasteiger partial charge in [0.25, 0.3) is 0 Å². The predicted octanol–water partition coefficient (Wildman–Crippen LogP) is -0.353. The third-order valence-electron chi connectivity index (χ3n) is 2.66. The fraction of sp³-hybridized carbons (Fsp3) is 0.750. The molecule has 0 heterocycles. The Balaban J connectivity index is 3.64. The van der Waals surface area contributed by atoms with E-state index in [1.165, 1.54) is 6.92 Å². The van der Waals surface area contributed by atoms with E-state index in [1.54, 1.807) is 0 Å². The summed E-state index contributed by atoms with van der Waals surface area (Å²) in [7, 11) is 0. The fourth-order valence-electron chi connectivity index (χ4n) is 1.12. The van der Waals surface area contributed by atoms with Crippen LogP contribution in [0.15, 0.2) is 0 Å². The molecule has 6 heteroatoms. The molecule has 0 spiro atoms. The second-order valence-electron chi connectivity index (χ2n) is 4.58. The van der Waals surface area contributed by atoms with Crippen molar-refractivity contribution in [3.05, 3.63) is 0 Å². The van der Waals surface area contributed by atoms with Crippen molar-refractivity contribution < 1.29 is 14.4 Å². The fourth-order valence-corrected chi connectivity index (χ4v) is 1.12. The lowest BCUT2D eigenvalue weighted by Crippen LogP contribution is -2.41. The largest absolute Gasteiger partial charge is 0.354 e. The summed E-state index contributed by atoms with van der Waals surface area (Å²) >= 11 is 0. The molecule has 3 N–H and O–H groups in total. The quantitative estimate of drug-likeness (QED) is 0.545. The Morgan fingerprint density at radius 2 is 1.50 bits per heavy atom. The smallest absolute Gasteiger partial charge is 0.239 e. The highest BCUT2D eigenvalue weighted by atomic mass is 16.2. The van der Waals surface area contributed by atoms with Gasteiger partial charge in [0.2, 0.25) is 17.7 Å². The maximum absolute atomic E-state index is 11.6. The molecule has 3 amide bonds. The van der Waals surface area contributed by atoms with Crippen molar-refractivity contribution in [1.82, 2.24) is 16.0 Å². The SMILES string of the molecule is CC(=O)NCC(=O)NCCNC(=O)C(C)C(C)C. The molecule has 0 aliphatic heterocycles. The van der Waals surface area contributed by atoms with E-state index in [0.29, 0.717) is 19.0 Å². The highest BCUT2D eigenvalue weighted by molar-refractivity contribution is 5.83. The van der Waals surface area contributed by atoms with Crippen LogP contribution in [0.4, 0.5) is 0 Å². The summed E-state index contributed by atoms with van der Waals surface area (Å²) in [6.07, 6.45) is 0. The Morgan fingerprint density at radius 3 is 2.00 bits per heavy atom. The average Bonchev–Trinajstić information content (AvgIpc) is 2.30. The summed E-state index contributed by atoms with van der Waals surface area (Å²) in [5, 5.41) is 7.73. The molecule has 0 fully saturated rings. The van der Waals surface area contributed by atoms with Gasteiger partial charge in [-0.2, -0.15) is 0 Å². The summed E-state index contributed by atoms with van der Waals surface area (Å²) in [5.41, 5.74) is 0. The van der Waals surface area contributed by atoms with E-state index in [0.717, 1.165) is 0 Å². The minimum absolute atomic E-state index is 0.0129. The molecule has 0 saturated heterocycles. The van der Waals surface area contributed by atoms with Crippen LogP contribution < -0.4 is 16.0 Å². The second-order valence-corrected chi connectivity index (χ2v) is 4.58. The van der Waals surface area contributed by atoms with Crippen LogP contribution in [0.5, 0.6) is 0 Å². The van der Waals surface area contributed by atoms with Crippen LogP contribution >= 0.6 is 0 Å². The molecule has 0 aromatic heterocycles. The monoisotopic (exact) mass is 257 g/mol. The Kier molecular flexibility index (Phi) is 7.74. The molecule has 1 unspecified atom stereocenters. The molecule has 0 aliphatic carbocycles. The van der Waals surface area contributed by atoms with Gasteiger partial charge >= 0.3 is 0 Å². The van der Waals surface area contributed by atoms with Crippen LogP contribution in [0.1, 0.15) is 27.7 Å². The zero-order valence-corrected chi connectivity index (χ0v) is 11.5. The second kappa shape index (κ2) is 8.49. The molecular weight excluding hydrogens is 234 g/mol. The summed E-state index contributed by atoms with van der Waals surface area (Å²) in [6, 6.07) is 0. The molecule has 0 aromatic rings. The van der Waals surface area contributed by atoms with Crippen molar-refractivity contribution in [3.8, 4) is 0 Å². The minimum Gasteiger partial charge on any atom is -0.354 e. The molecule has 0 saturated carbocycles. The number of carbonyl (C=O) groups is 3. The van der Waals surface area contributed by atoms with Gasteiger partial charge in [-0.05, 0) is 5.92 Å². The Morgan fingerprint density at radius 1 is 0.944 bits per heavy atom. The van der Waals surface area contributed by atoms with Crippen molar-refractivity contribution in [3.63, 3.8) is 0 Å². The van der Waals surface area contributed by atoms with Gasteiger partial charge in [-0.1, -0.05) is 20.8 Å². The normalized spacial score (nSPS) is 11.8. The van der Waals surface area contributed by atoms with Crippen LogP contribution in [0.25, 0.3) is 0 Å². The molecule has 0 rings (SSSR count). The number of amides is 3. The number of nitrogens with one attached hydrogen (secondary N) is 3. The average molecular weight is 257 g/mol. The highest BCUT2D eigenvalue weighted by Crippen LogP contribution is 2.08. The summed E-state index contributed by atoms with van der Waals surface area (Å²) in [4.78, 5) is 33.3. The van der Waals surface area contributed by atoms with Gasteiger partial charge < -0.3 is 16.0 Å². The van der Waals surface area contributed by atoms with Gasteiger partial charge in [0.15, 0.2) is 0 Å². The van der Waals surface area contributed by atoms with Gasteiger partial charge in [0.1, 0.15) is 0 Å². The lowest BCUT2D eigenvalue weighted by Gasteiger charge is -2.15. The van der Waals surface area contributed by atoms with Crippen LogP contribution in [0, 0.1) is 11.8 Å². The zero-order chi connectivity index (χ0) is 14.1. The van der Waals surface area contributed by atoms with E-state index in [1.807, 2.05) is 20.8 Å². The minimum atomic E-state index is -0.267. The summed E-state index contributed by atoms with van der Waals surface area (Å²) in [5.74, 6) is -0.277. The first-order chi connectivity index (χ1) is 8.34. The molecule has 6 nitrogen and oxygen atoms in total. The predicted molar refractivity (Wildman–Crippen MR) is 68.7 cm³/mol. The van der Waals surface area contributed by atoms with Crippen LogP contribution in [-0.4, -0.2) is 37.4 Å². The molecule has 18 heavy (non-hydrogen) atoms. The van der Waals surface area contributed by atoms with Gasteiger partial charge in [-0.3, -0.25) is 14.4 Å². The van der Waals surface area contributed by atoms with Crippen LogP contribution in [0.2, 0.25) is 0 Å². The van der Waals surface area contributed by atoms with E-state index in [4.69, 9.17) is 0 Å². The maximum Gasteiger partial charge on any atom is 0.239 e. The van der Waals surface area contributed by atoms with Gasteiger partial charge in [0.05, 0.1) is 6.54 Å². The van der Waals surface area contributed by atoms with Crippen molar-refractivity contribution in [1.29, 1.82) is 0 Å². The Bertz CT molecular complexity index is 303. The molecule has 0 bridgehead atoms. The molecule has 104 valence electrons. The molecule has 1 atom stereocenters. The van der Waals surface area contributed by atoms with Gasteiger partial charge in [-0.25, -0.2) is 0 Å². The number of hydrogen-bond donors (Lipinski definition) is 3. The first-order valence-corrected chi connectivity index (χ1v) is 6.13. The van der Waals surface area contributed by atoms with Gasteiger partial charge in [-0.15, -0.1) is 0 Å². The van der Waals surface area contributed by atoms with Crippen molar-refractivity contribution in [2.75, 3.05) is 19.6 Å². The van der Waals surface area contributed by atoms with E-state index < -0.39 is 0 Å². The molecule has 0 aliphatic rings. The van der Waals surface area contributed by atoms with E-state index in [2.05, 4.69) is 16.0 Å². The lowest BCUT2D eigenvalue weighted by atomic mass is 9.97. The molecule has 0 aromatic carbocycles. The van der Waals surface area contributed by atoms with E-state index >= 15 is 0 Å². The van der Waals surface area contributed by atoms with Gasteiger partial charge in [0, 0.05) is 25.9 Å². The molecule has 0 radical (unpaired) electrons. The first kappa shape index (κ1) is 16.4. The van der Waals surface area contributed by atoms with E-state index in [-0.39, 0.29) is 30.2 Å². The number of hydrogen-bond acceptors (Lipinski definition) is 3. The summed E-state index contributed by atoms with van der Waals surface area (Å²) in [6.45, 7) is 7.90. The Labute approximate surface area is 108 Å². The number of carbonyl (C=O) groups excluding carboxylic acids is 3. The Hall–Kier alpha value is -1.59. The number of rotatable bonds is 7. The first-order valence-electron chi connectivity index (χ1n) is 6.13. The third-order valence-corrected chi connectivity index (χ3v) is 2.66. The van der Waals surface area contributed by atoms with Crippen molar-refractivity contribution in [2.24, 2.45) is 11.8 Å². The summed E-state index contributed by atoms with van der Waals surface area (Å²) < 4.78 is 0. The topological polar surface area (TPSA) is 87.3 Å². The van der Waals surface area contributed by atoms with Crippen molar-refractivity contribution >= 4 is 17.7 Å². The van der Waals surface area contributed by atoms with E-state index in [9.17, 15) is 14.4 Å². The highest BCUT2D eigenvalue weighted by Gasteiger charge is 2.15.